The Bertz CT molecular complexity index is 458. The highest BCUT2D eigenvalue weighted by molar-refractivity contribution is 5.33. The zero-order valence-electron chi connectivity index (χ0n) is 16.2. The molecule has 0 aromatic heterocycles. The summed E-state index contributed by atoms with van der Waals surface area (Å²) >= 11 is 0. The molecule has 5 nitrogen and oxygen atoms in total. The average molecular weight is 351 g/mol. The molecule has 142 valence electrons. The Kier molecular flexibility index (Phi) is 8.52. The minimum atomic E-state index is -0.453. The zero-order chi connectivity index (χ0) is 18.1. The van der Waals surface area contributed by atoms with Crippen LogP contribution in [0.5, 0.6) is 11.5 Å². The van der Waals surface area contributed by atoms with Crippen LogP contribution in [0.3, 0.4) is 0 Å². The Morgan fingerprint density at radius 1 is 0.800 bits per heavy atom. The third-order valence-corrected chi connectivity index (χ3v) is 4.46. The number of fused-ring (bicyclic) bond motifs is 2. The summed E-state index contributed by atoms with van der Waals surface area (Å²) in [6.07, 6.45) is 6.19. The van der Waals surface area contributed by atoms with Crippen molar-refractivity contribution in [2.45, 2.75) is 65.2 Å². The summed E-state index contributed by atoms with van der Waals surface area (Å²) in [6, 6.07) is 7.77. The molecule has 0 saturated carbocycles. The van der Waals surface area contributed by atoms with Gasteiger partial charge in [-0.3, -0.25) is 4.74 Å². The Morgan fingerprint density at radius 2 is 1.28 bits per heavy atom. The smallest absolute Gasteiger partial charge is 0.265 e. The van der Waals surface area contributed by atoms with Gasteiger partial charge in [0.05, 0.1) is 0 Å². The predicted octanol–water partition coefficient (Wildman–Crippen LogP) is 4.29. The molecule has 0 saturated heterocycles. The van der Waals surface area contributed by atoms with E-state index in [1.165, 1.54) is 25.7 Å². The van der Waals surface area contributed by atoms with Gasteiger partial charge in [-0.05, 0) is 39.1 Å². The van der Waals surface area contributed by atoms with Gasteiger partial charge in [-0.25, -0.2) is 9.80 Å². The summed E-state index contributed by atoms with van der Waals surface area (Å²) < 4.78 is 18.4. The van der Waals surface area contributed by atoms with Gasteiger partial charge in [-0.15, -0.1) is 0 Å². The van der Waals surface area contributed by atoms with Gasteiger partial charge in [0.15, 0.2) is 0 Å². The summed E-state index contributed by atoms with van der Waals surface area (Å²) in [7, 11) is 4.08. The normalized spacial score (nSPS) is 20.1. The second kappa shape index (κ2) is 10.6. The molecule has 0 spiro atoms. The van der Waals surface area contributed by atoms with Crippen LogP contribution in [0.25, 0.3) is 0 Å². The first kappa shape index (κ1) is 20.0. The third kappa shape index (κ3) is 6.49. The van der Waals surface area contributed by atoms with Crippen LogP contribution < -0.4 is 9.47 Å². The van der Waals surface area contributed by atoms with Crippen molar-refractivity contribution in [3.8, 4) is 11.5 Å². The van der Waals surface area contributed by atoms with Gasteiger partial charge in [-0.1, -0.05) is 45.6 Å². The lowest BCUT2D eigenvalue weighted by Crippen LogP contribution is -2.49. The Hall–Kier alpha value is -1.30. The van der Waals surface area contributed by atoms with Crippen LogP contribution in [0.2, 0.25) is 0 Å². The summed E-state index contributed by atoms with van der Waals surface area (Å²) in [6.45, 7) is 6.29. The molecule has 5 heteroatoms. The van der Waals surface area contributed by atoms with Crippen LogP contribution in [0.4, 0.5) is 0 Å². The van der Waals surface area contributed by atoms with Crippen molar-refractivity contribution in [3.63, 3.8) is 0 Å². The number of unbranched alkanes of at least 4 members (excludes halogenated alkanes) is 4. The van der Waals surface area contributed by atoms with E-state index in [1.807, 2.05) is 38.4 Å². The molecular formula is C20H34N2O3. The topological polar surface area (TPSA) is 34.2 Å². The van der Waals surface area contributed by atoms with E-state index in [0.717, 1.165) is 37.4 Å². The zero-order valence-corrected chi connectivity index (χ0v) is 16.2. The molecule has 0 N–H and O–H groups in total. The minimum absolute atomic E-state index is 0.453. The molecule has 0 aliphatic carbocycles. The highest BCUT2D eigenvalue weighted by Crippen LogP contribution is 2.26. The summed E-state index contributed by atoms with van der Waals surface area (Å²) in [4.78, 5) is 4.23. The maximum absolute atomic E-state index is 6.20. The first-order valence-corrected chi connectivity index (χ1v) is 9.63. The Balaban J connectivity index is 2.06. The lowest BCUT2D eigenvalue weighted by Gasteiger charge is -2.36. The minimum Gasteiger partial charge on any atom is -0.451 e. The molecule has 0 amide bonds. The molecule has 1 heterocycles. The number of ether oxygens (including phenoxy) is 3. The van der Waals surface area contributed by atoms with Gasteiger partial charge in [0.25, 0.3) is 12.8 Å². The van der Waals surface area contributed by atoms with E-state index in [4.69, 9.17) is 14.2 Å². The van der Waals surface area contributed by atoms with Gasteiger partial charge < -0.3 is 9.47 Å². The van der Waals surface area contributed by atoms with Crippen molar-refractivity contribution >= 4 is 0 Å². The van der Waals surface area contributed by atoms with Gasteiger partial charge in [0, 0.05) is 19.2 Å². The third-order valence-electron chi connectivity index (χ3n) is 4.46. The molecule has 1 aliphatic heterocycles. The van der Waals surface area contributed by atoms with Gasteiger partial charge in [0.1, 0.15) is 11.5 Å². The molecule has 25 heavy (non-hydrogen) atoms. The predicted molar refractivity (Wildman–Crippen MR) is 101 cm³/mol. The molecule has 1 aromatic carbocycles. The van der Waals surface area contributed by atoms with Gasteiger partial charge >= 0.3 is 0 Å². The maximum atomic E-state index is 6.20. The molecular weight excluding hydrogens is 316 g/mol. The van der Waals surface area contributed by atoms with Crippen LogP contribution in [0.15, 0.2) is 24.3 Å². The van der Waals surface area contributed by atoms with Crippen molar-refractivity contribution in [1.82, 2.24) is 9.80 Å². The number of hydrogen-bond donors (Lipinski definition) is 0. The average Bonchev–Trinajstić information content (AvgIpc) is 2.59. The van der Waals surface area contributed by atoms with Gasteiger partial charge in [-0.2, -0.15) is 0 Å². The summed E-state index contributed by atoms with van der Waals surface area (Å²) in [5, 5.41) is 0. The van der Waals surface area contributed by atoms with Crippen LogP contribution in [-0.2, 0) is 4.74 Å². The molecule has 2 bridgehead atoms. The van der Waals surface area contributed by atoms with E-state index in [-0.39, 0.29) is 0 Å². The molecule has 0 radical (unpaired) electrons. The highest BCUT2D eigenvalue weighted by atomic mass is 16.8. The van der Waals surface area contributed by atoms with Crippen LogP contribution in [0.1, 0.15) is 52.4 Å². The van der Waals surface area contributed by atoms with E-state index in [2.05, 4.69) is 23.6 Å². The van der Waals surface area contributed by atoms with Crippen LogP contribution >= 0.6 is 0 Å². The van der Waals surface area contributed by atoms with Crippen molar-refractivity contribution < 1.29 is 14.2 Å². The first-order valence-electron chi connectivity index (χ1n) is 9.63. The number of nitrogens with zero attached hydrogens (tertiary/aromatic N) is 2. The van der Waals surface area contributed by atoms with Crippen LogP contribution in [-0.4, -0.2) is 49.8 Å². The summed E-state index contributed by atoms with van der Waals surface area (Å²) in [5.41, 5.74) is 0. The summed E-state index contributed by atoms with van der Waals surface area (Å²) in [5.74, 6) is 1.55. The number of rotatable bonds is 10. The van der Waals surface area contributed by atoms with E-state index in [1.54, 1.807) is 0 Å². The highest BCUT2D eigenvalue weighted by Gasteiger charge is 2.28. The maximum Gasteiger partial charge on any atom is 0.265 e. The fraction of sp³-hybridized carbons (Fsp3) is 0.700. The fourth-order valence-corrected chi connectivity index (χ4v) is 2.83. The first-order chi connectivity index (χ1) is 12.1. The molecule has 2 rings (SSSR count). The van der Waals surface area contributed by atoms with Crippen molar-refractivity contribution in [1.29, 1.82) is 0 Å². The Morgan fingerprint density at radius 3 is 1.72 bits per heavy atom. The quantitative estimate of drug-likeness (QED) is 0.588. The van der Waals surface area contributed by atoms with E-state index in [9.17, 15) is 0 Å². The van der Waals surface area contributed by atoms with Crippen LogP contribution in [0, 0.1) is 0 Å². The van der Waals surface area contributed by atoms with E-state index < -0.39 is 12.8 Å². The standard InChI is InChI=1S/C20H34N2O3/c1-5-7-9-14-21(3)19-23-17-12-11-13-18(16-17)24-20(25-19)22(4)15-10-8-6-2/h11-13,16,19-20H,5-10,14-15H2,1-4H3. The van der Waals surface area contributed by atoms with Crippen molar-refractivity contribution in [3.05, 3.63) is 24.3 Å². The Labute approximate surface area is 152 Å². The van der Waals surface area contributed by atoms with Crippen molar-refractivity contribution in [2.24, 2.45) is 0 Å². The van der Waals surface area contributed by atoms with E-state index >= 15 is 0 Å². The van der Waals surface area contributed by atoms with Crippen molar-refractivity contribution in [2.75, 3.05) is 27.2 Å². The SMILES string of the molecule is CCCCCN(C)C1Oc2cccc(c2)OC(N(C)CCCCC)O1. The number of hydrogen-bond acceptors (Lipinski definition) is 5. The largest absolute Gasteiger partial charge is 0.451 e. The molecule has 1 aromatic rings. The van der Waals surface area contributed by atoms with Gasteiger partial charge in [0.2, 0.25) is 0 Å². The molecule has 1 aliphatic rings. The lowest BCUT2D eigenvalue weighted by molar-refractivity contribution is -0.282. The fourth-order valence-electron chi connectivity index (χ4n) is 2.83. The second-order valence-corrected chi connectivity index (χ2v) is 6.84. The monoisotopic (exact) mass is 350 g/mol. The molecule has 0 fully saturated rings. The van der Waals surface area contributed by atoms with E-state index in [0.29, 0.717) is 0 Å². The molecule has 2 unspecified atom stereocenters. The molecule has 2 atom stereocenters. The lowest BCUT2D eigenvalue weighted by atomic mass is 10.2. The second-order valence-electron chi connectivity index (χ2n) is 6.84. The number of benzene rings is 1.